The van der Waals surface area contributed by atoms with Crippen LogP contribution >= 0.6 is 23.6 Å². The highest BCUT2D eigenvalue weighted by Crippen LogP contribution is 2.23. The first kappa shape index (κ1) is 14.3. The number of thiazole rings is 1. The molecule has 0 radical (unpaired) electrons. The number of nitrogens with two attached hydrogens (primary N) is 1. The summed E-state index contributed by atoms with van der Waals surface area (Å²) < 4.78 is 26.1. The van der Waals surface area contributed by atoms with E-state index in [4.69, 9.17) is 5.73 Å². The van der Waals surface area contributed by atoms with Crippen LogP contribution in [-0.2, 0) is 16.4 Å². The molecule has 1 aromatic rings. The number of hydrogen-bond acceptors (Lipinski definition) is 5. The average Bonchev–Trinajstić information content (AvgIpc) is 2.56. The average molecular weight is 293 g/mol. The summed E-state index contributed by atoms with van der Waals surface area (Å²) in [6, 6.07) is 0. The Hall–Kier alpha value is -0.730. The second-order valence-electron chi connectivity index (χ2n) is 3.57. The second-order valence-corrected chi connectivity index (χ2v) is 7.24. The van der Waals surface area contributed by atoms with Gasteiger partial charge in [-0.3, -0.25) is 4.72 Å². The smallest absolute Gasteiger partial charge is 0.243 e. The lowest BCUT2D eigenvalue weighted by Crippen LogP contribution is -2.35. The van der Waals surface area contributed by atoms with Crippen LogP contribution in [0.15, 0.2) is 0 Å². The van der Waals surface area contributed by atoms with Crippen LogP contribution in [0.1, 0.15) is 24.4 Å². The molecule has 0 aromatic carbocycles. The van der Waals surface area contributed by atoms with Crippen LogP contribution in [0, 0.1) is 6.92 Å². The molecule has 0 aliphatic carbocycles. The van der Waals surface area contributed by atoms with Crippen molar-refractivity contribution in [3.63, 3.8) is 0 Å². The quantitative estimate of drug-likeness (QED) is 0.802. The highest BCUT2D eigenvalue weighted by molar-refractivity contribution is 7.95. The van der Waals surface area contributed by atoms with E-state index in [9.17, 15) is 8.42 Å². The molecule has 1 aromatic heterocycles. The van der Waals surface area contributed by atoms with Crippen molar-refractivity contribution in [2.24, 2.45) is 5.73 Å². The topological polar surface area (TPSA) is 85.1 Å². The monoisotopic (exact) mass is 293 g/mol. The molecule has 1 atom stereocenters. The summed E-state index contributed by atoms with van der Waals surface area (Å²) in [6.45, 7) is 5.33. The standard InChI is InChI=1S/C9H15N3O2S3/c1-4-7-5(2)16-9(11-7)12-17(13,14)6(3)8(10)15/h6H,4H2,1-3H3,(H2,10,15)(H,11,12). The summed E-state index contributed by atoms with van der Waals surface area (Å²) in [7, 11) is -3.59. The van der Waals surface area contributed by atoms with E-state index in [1.54, 1.807) is 0 Å². The molecule has 1 rings (SSSR count). The lowest BCUT2D eigenvalue weighted by atomic mass is 10.3. The first-order valence-electron chi connectivity index (χ1n) is 5.05. The number of nitrogens with zero attached hydrogens (tertiary/aromatic N) is 1. The van der Waals surface area contributed by atoms with Crippen molar-refractivity contribution >= 4 is 43.7 Å². The molecule has 0 aliphatic heterocycles. The summed E-state index contributed by atoms with van der Waals surface area (Å²) in [5.74, 6) is 0. The maximum absolute atomic E-state index is 11.8. The van der Waals surface area contributed by atoms with Gasteiger partial charge in [0.2, 0.25) is 10.0 Å². The van der Waals surface area contributed by atoms with E-state index >= 15 is 0 Å². The molecule has 0 spiro atoms. The van der Waals surface area contributed by atoms with Gasteiger partial charge in [0.1, 0.15) is 5.25 Å². The van der Waals surface area contributed by atoms with Gasteiger partial charge in [-0.15, -0.1) is 11.3 Å². The minimum atomic E-state index is -3.59. The fourth-order valence-corrected chi connectivity index (χ4v) is 3.58. The van der Waals surface area contributed by atoms with Crippen molar-refractivity contribution < 1.29 is 8.42 Å². The third-order valence-corrected chi connectivity index (χ3v) is 5.55. The molecule has 0 saturated carbocycles. The predicted octanol–water partition coefficient (Wildman–Crippen LogP) is 1.43. The van der Waals surface area contributed by atoms with Gasteiger partial charge in [-0.05, 0) is 20.3 Å². The van der Waals surface area contributed by atoms with Crippen LogP contribution in [0.4, 0.5) is 5.13 Å². The van der Waals surface area contributed by atoms with Crippen LogP contribution in [0.2, 0.25) is 0 Å². The van der Waals surface area contributed by atoms with Crippen LogP contribution < -0.4 is 10.5 Å². The maximum Gasteiger partial charge on any atom is 0.243 e. The zero-order valence-corrected chi connectivity index (χ0v) is 12.3. The molecule has 0 aliphatic rings. The van der Waals surface area contributed by atoms with E-state index in [0.717, 1.165) is 17.0 Å². The summed E-state index contributed by atoms with van der Waals surface area (Å²) >= 11 is 5.99. The van der Waals surface area contributed by atoms with E-state index in [-0.39, 0.29) is 4.99 Å². The maximum atomic E-state index is 11.8. The normalized spacial score (nSPS) is 13.4. The SMILES string of the molecule is CCc1nc(NS(=O)(=O)C(C)C(N)=S)sc1C. The van der Waals surface area contributed by atoms with Gasteiger partial charge in [-0.1, -0.05) is 19.1 Å². The largest absolute Gasteiger partial charge is 0.392 e. The zero-order chi connectivity index (χ0) is 13.2. The van der Waals surface area contributed by atoms with Crippen molar-refractivity contribution in [2.75, 3.05) is 4.72 Å². The molecule has 96 valence electrons. The molecule has 0 amide bonds. The molecular formula is C9H15N3O2S3. The van der Waals surface area contributed by atoms with E-state index in [1.807, 2.05) is 13.8 Å². The lowest BCUT2D eigenvalue weighted by Gasteiger charge is -2.11. The van der Waals surface area contributed by atoms with E-state index in [2.05, 4.69) is 21.9 Å². The summed E-state index contributed by atoms with van der Waals surface area (Å²) in [6.07, 6.45) is 0.773. The first-order chi connectivity index (χ1) is 7.77. The summed E-state index contributed by atoms with van der Waals surface area (Å²) in [4.78, 5) is 5.15. The molecule has 5 nitrogen and oxygen atoms in total. The van der Waals surface area contributed by atoms with Gasteiger partial charge >= 0.3 is 0 Å². The number of sulfonamides is 1. The molecule has 17 heavy (non-hydrogen) atoms. The molecule has 1 heterocycles. The fraction of sp³-hybridized carbons (Fsp3) is 0.556. The predicted molar refractivity (Wildman–Crippen MR) is 75.0 cm³/mol. The molecule has 8 heteroatoms. The lowest BCUT2D eigenvalue weighted by molar-refractivity contribution is 0.598. The third kappa shape index (κ3) is 3.36. The van der Waals surface area contributed by atoms with Crippen molar-refractivity contribution in [1.29, 1.82) is 0 Å². The van der Waals surface area contributed by atoms with Gasteiger partial charge in [0, 0.05) is 4.88 Å². The molecule has 3 N–H and O–H groups in total. The van der Waals surface area contributed by atoms with Gasteiger partial charge in [0.25, 0.3) is 0 Å². The second kappa shape index (κ2) is 5.28. The minimum Gasteiger partial charge on any atom is -0.392 e. The molecule has 1 unspecified atom stereocenters. The molecular weight excluding hydrogens is 278 g/mol. The Morgan fingerprint density at radius 3 is 2.65 bits per heavy atom. The van der Waals surface area contributed by atoms with Crippen molar-refractivity contribution in [2.45, 2.75) is 32.4 Å². The highest BCUT2D eigenvalue weighted by Gasteiger charge is 2.24. The summed E-state index contributed by atoms with van der Waals surface area (Å²) in [5, 5.41) is -0.547. The number of anilines is 1. The number of hydrogen-bond donors (Lipinski definition) is 2. The Kier molecular flexibility index (Phi) is 4.45. The van der Waals surface area contributed by atoms with Crippen molar-refractivity contribution in [1.82, 2.24) is 4.98 Å². The first-order valence-corrected chi connectivity index (χ1v) is 7.82. The van der Waals surface area contributed by atoms with Crippen LogP contribution in [-0.4, -0.2) is 23.6 Å². The van der Waals surface area contributed by atoms with Gasteiger partial charge in [0.05, 0.1) is 10.7 Å². The zero-order valence-electron chi connectivity index (χ0n) is 9.85. The van der Waals surface area contributed by atoms with Gasteiger partial charge in [-0.2, -0.15) is 0 Å². The Balaban J connectivity index is 2.94. The molecule has 0 bridgehead atoms. The number of aromatic nitrogens is 1. The third-order valence-electron chi connectivity index (χ3n) is 2.32. The molecule has 0 fully saturated rings. The highest BCUT2D eigenvalue weighted by atomic mass is 32.2. The molecule has 0 saturated heterocycles. The van der Waals surface area contributed by atoms with Crippen molar-refractivity contribution in [3.05, 3.63) is 10.6 Å². The van der Waals surface area contributed by atoms with Gasteiger partial charge < -0.3 is 5.73 Å². The Morgan fingerprint density at radius 2 is 2.24 bits per heavy atom. The van der Waals surface area contributed by atoms with Crippen molar-refractivity contribution in [3.8, 4) is 0 Å². The number of nitrogens with one attached hydrogen (secondary N) is 1. The van der Waals surface area contributed by atoms with Crippen LogP contribution in [0.5, 0.6) is 0 Å². The van der Waals surface area contributed by atoms with Crippen LogP contribution in [0.25, 0.3) is 0 Å². The van der Waals surface area contributed by atoms with Crippen LogP contribution in [0.3, 0.4) is 0 Å². The fourth-order valence-electron chi connectivity index (χ4n) is 1.16. The summed E-state index contributed by atoms with van der Waals surface area (Å²) in [5.41, 5.74) is 6.23. The number of thiocarbonyl (C=S) groups is 1. The van der Waals surface area contributed by atoms with Gasteiger partial charge in [0.15, 0.2) is 5.13 Å². The van der Waals surface area contributed by atoms with E-state index in [1.165, 1.54) is 18.3 Å². The minimum absolute atomic E-state index is 0.0542. The Morgan fingerprint density at radius 1 is 1.65 bits per heavy atom. The number of rotatable bonds is 5. The van der Waals surface area contributed by atoms with E-state index in [0.29, 0.717) is 5.13 Å². The Labute approximate surface area is 110 Å². The van der Waals surface area contributed by atoms with E-state index < -0.39 is 15.3 Å². The van der Waals surface area contributed by atoms with Gasteiger partial charge in [-0.25, -0.2) is 13.4 Å². The number of aryl methyl sites for hydroxylation is 2. The Bertz CT molecular complexity index is 522.